The molecule has 24 heavy (non-hydrogen) atoms. The summed E-state index contributed by atoms with van der Waals surface area (Å²) in [5.41, 5.74) is 3.82. The number of benzene rings is 1. The van der Waals surface area contributed by atoms with Crippen molar-refractivity contribution in [3.8, 4) is 0 Å². The molecular formula is C18H24N4O2. The van der Waals surface area contributed by atoms with Crippen LogP contribution in [0.15, 0.2) is 22.7 Å². The second-order valence-electron chi connectivity index (χ2n) is 6.79. The number of carbonyl (C=O) groups excluding carboxylic acids is 1. The minimum absolute atomic E-state index is 0.0872. The first-order valence-electron chi connectivity index (χ1n) is 8.38. The third-order valence-electron chi connectivity index (χ3n) is 4.42. The average molecular weight is 328 g/mol. The van der Waals surface area contributed by atoms with Crippen LogP contribution in [0.3, 0.4) is 0 Å². The van der Waals surface area contributed by atoms with E-state index in [1.807, 2.05) is 18.7 Å². The second-order valence-corrected chi connectivity index (χ2v) is 6.79. The second kappa shape index (κ2) is 6.63. The van der Waals surface area contributed by atoms with Gasteiger partial charge < -0.3 is 14.7 Å². The predicted octanol–water partition coefficient (Wildman–Crippen LogP) is 3.15. The quantitative estimate of drug-likeness (QED) is 0.939. The third kappa shape index (κ3) is 3.42. The highest BCUT2D eigenvalue weighted by molar-refractivity contribution is 5.75. The Balaban J connectivity index is 1.71. The highest BCUT2D eigenvalue weighted by Crippen LogP contribution is 2.23. The first-order chi connectivity index (χ1) is 11.4. The molecule has 6 nitrogen and oxygen atoms in total. The molecule has 0 radical (unpaired) electrons. The first kappa shape index (κ1) is 16.5. The number of hydrogen-bond acceptors (Lipinski definition) is 4. The van der Waals surface area contributed by atoms with E-state index < -0.39 is 0 Å². The molecule has 1 aliphatic heterocycles. The zero-order valence-corrected chi connectivity index (χ0v) is 14.7. The Morgan fingerprint density at radius 1 is 1.29 bits per heavy atom. The van der Waals surface area contributed by atoms with Crippen molar-refractivity contribution >= 4 is 6.03 Å². The van der Waals surface area contributed by atoms with E-state index in [4.69, 9.17) is 4.52 Å². The van der Waals surface area contributed by atoms with Gasteiger partial charge >= 0.3 is 6.03 Å². The molecule has 1 aliphatic rings. The van der Waals surface area contributed by atoms with Gasteiger partial charge in [-0.1, -0.05) is 42.8 Å². The van der Waals surface area contributed by atoms with Gasteiger partial charge in [-0.15, -0.1) is 0 Å². The normalized spacial score (nSPS) is 15.3. The molecule has 2 aromatic rings. The van der Waals surface area contributed by atoms with Crippen LogP contribution < -0.4 is 5.32 Å². The molecule has 6 heteroatoms. The van der Waals surface area contributed by atoms with Gasteiger partial charge in [-0.25, -0.2) is 4.79 Å². The van der Waals surface area contributed by atoms with E-state index in [-0.39, 0.29) is 18.0 Å². The van der Waals surface area contributed by atoms with Crippen molar-refractivity contribution in [2.45, 2.75) is 46.7 Å². The fourth-order valence-corrected chi connectivity index (χ4v) is 3.03. The number of amides is 2. The van der Waals surface area contributed by atoms with Crippen molar-refractivity contribution in [1.29, 1.82) is 0 Å². The largest absolute Gasteiger partial charge is 0.337 e. The van der Waals surface area contributed by atoms with E-state index >= 15 is 0 Å². The fourth-order valence-electron chi connectivity index (χ4n) is 3.03. The van der Waals surface area contributed by atoms with Crippen LogP contribution in [0.1, 0.15) is 48.3 Å². The van der Waals surface area contributed by atoms with Gasteiger partial charge in [0.05, 0.1) is 0 Å². The van der Waals surface area contributed by atoms with Crippen molar-refractivity contribution in [3.63, 3.8) is 0 Å². The smallest absolute Gasteiger partial charge is 0.318 e. The van der Waals surface area contributed by atoms with Crippen LogP contribution in [0.25, 0.3) is 0 Å². The molecule has 0 spiro atoms. The highest BCUT2D eigenvalue weighted by atomic mass is 16.5. The van der Waals surface area contributed by atoms with Crippen molar-refractivity contribution in [2.24, 2.45) is 5.92 Å². The van der Waals surface area contributed by atoms with Crippen molar-refractivity contribution < 1.29 is 9.32 Å². The number of aryl methyl sites for hydroxylation is 2. The maximum absolute atomic E-state index is 12.7. The van der Waals surface area contributed by atoms with E-state index in [1.54, 1.807) is 6.92 Å². The van der Waals surface area contributed by atoms with Crippen LogP contribution in [0.4, 0.5) is 4.79 Å². The molecular weight excluding hydrogens is 304 g/mol. The summed E-state index contributed by atoms with van der Waals surface area (Å²) in [5, 5.41) is 6.88. The Morgan fingerprint density at radius 3 is 2.75 bits per heavy atom. The summed E-state index contributed by atoms with van der Waals surface area (Å²) in [6.45, 7) is 9.28. The number of aromatic nitrogens is 2. The average Bonchev–Trinajstić information content (AvgIpc) is 2.97. The Kier molecular flexibility index (Phi) is 4.55. The van der Waals surface area contributed by atoms with E-state index in [0.29, 0.717) is 18.3 Å². The minimum Gasteiger partial charge on any atom is -0.337 e. The molecule has 1 N–H and O–H groups in total. The van der Waals surface area contributed by atoms with Gasteiger partial charge in [-0.3, -0.25) is 0 Å². The monoisotopic (exact) mass is 328 g/mol. The zero-order valence-electron chi connectivity index (χ0n) is 14.7. The SMILES string of the molecule is Cc1ccc2c(c1)CCN(C(=O)N[C@H](c1nc(C)no1)C(C)C)C2. The number of fused-ring (bicyclic) bond motifs is 1. The molecule has 1 aromatic carbocycles. The molecule has 2 heterocycles. The number of nitrogens with one attached hydrogen (secondary N) is 1. The van der Waals surface area contributed by atoms with Gasteiger partial charge in [-0.2, -0.15) is 4.98 Å². The summed E-state index contributed by atoms with van der Waals surface area (Å²) < 4.78 is 5.25. The Morgan fingerprint density at radius 2 is 2.08 bits per heavy atom. The van der Waals surface area contributed by atoms with Crippen molar-refractivity contribution in [1.82, 2.24) is 20.4 Å². The van der Waals surface area contributed by atoms with E-state index in [1.165, 1.54) is 16.7 Å². The van der Waals surface area contributed by atoms with Gasteiger partial charge in [0, 0.05) is 13.1 Å². The molecule has 0 fully saturated rings. The lowest BCUT2D eigenvalue weighted by Crippen LogP contribution is -2.45. The predicted molar refractivity (Wildman–Crippen MR) is 90.4 cm³/mol. The minimum atomic E-state index is -0.280. The van der Waals surface area contributed by atoms with Gasteiger partial charge in [0.1, 0.15) is 6.04 Å². The Bertz CT molecular complexity index is 738. The third-order valence-corrected chi connectivity index (χ3v) is 4.42. The van der Waals surface area contributed by atoms with E-state index in [0.717, 1.165) is 13.0 Å². The summed E-state index contributed by atoms with van der Waals surface area (Å²) in [6.07, 6.45) is 0.885. The van der Waals surface area contributed by atoms with Gasteiger partial charge in [-0.05, 0) is 37.3 Å². The molecule has 1 aromatic heterocycles. The lowest BCUT2D eigenvalue weighted by Gasteiger charge is -2.31. The molecule has 0 aliphatic carbocycles. The summed E-state index contributed by atoms with van der Waals surface area (Å²) >= 11 is 0. The van der Waals surface area contributed by atoms with Crippen LogP contribution in [0.2, 0.25) is 0 Å². The fraction of sp³-hybridized carbons (Fsp3) is 0.500. The van der Waals surface area contributed by atoms with E-state index in [9.17, 15) is 4.79 Å². The summed E-state index contributed by atoms with van der Waals surface area (Å²) in [7, 11) is 0. The van der Waals surface area contributed by atoms with Crippen LogP contribution in [-0.4, -0.2) is 27.6 Å². The van der Waals surface area contributed by atoms with Crippen LogP contribution >= 0.6 is 0 Å². The number of hydrogen-bond donors (Lipinski definition) is 1. The van der Waals surface area contributed by atoms with Crippen LogP contribution in [0.5, 0.6) is 0 Å². The maximum atomic E-state index is 12.7. The number of rotatable bonds is 3. The lowest BCUT2D eigenvalue weighted by molar-refractivity contribution is 0.179. The van der Waals surface area contributed by atoms with Gasteiger partial charge in [0.25, 0.3) is 0 Å². The van der Waals surface area contributed by atoms with Crippen LogP contribution in [-0.2, 0) is 13.0 Å². The summed E-state index contributed by atoms with van der Waals surface area (Å²) in [6, 6.07) is 6.06. The molecule has 0 saturated heterocycles. The number of carbonyl (C=O) groups is 1. The van der Waals surface area contributed by atoms with Crippen molar-refractivity contribution in [2.75, 3.05) is 6.54 Å². The topological polar surface area (TPSA) is 71.3 Å². The molecule has 0 unspecified atom stereocenters. The number of nitrogens with zero attached hydrogens (tertiary/aromatic N) is 3. The van der Waals surface area contributed by atoms with Crippen molar-refractivity contribution in [3.05, 3.63) is 46.6 Å². The summed E-state index contributed by atoms with van der Waals surface area (Å²) in [5.74, 6) is 1.20. The van der Waals surface area contributed by atoms with E-state index in [2.05, 4.69) is 40.6 Å². The van der Waals surface area contributed by atoms with Gasteiger partial charge in [0.15, 0.2) is 5.82 Å². The standard InChI is InChI=1S/C18H24N4O2/c1-11(2)16(17-19-13(4)21-24-17)20-18(23)22-8-7-14-9-12(3)5-6-15(14)10-22/h5-6,9,11,16H,7-8,10H2,1-4H3,(H,20,23)/t16-/m0/s1. The molecule has 0 saturated carbocycles. The Labute approximate surface area is 142 Å². The zero-order chi connectivity index (χ0) is 17.3. The molecule has 128 valence electrons. The lowest BCUT2D eigenvalue weighted by atomic mass is 9.98. The van der Waals surface area contributed by atoms with Gasteiger partial charge in [0.2, 0.25) is 5.89 Å². The summed E-state index contributed by atoms with van der Waals surface area (Å²) in [4.78, 5) is 18.8. The molecule has 1 atom stereocenters. The maximum Gasteiger partial charge on any atom is 0.318 e. The molecule has 3 rings (SSSR count). The molecule has 2 amide bonds. The first-order valence-corrected chi connectivity index (χ1v) is 8.38. The van der Waals surface area contributed by atoms with Crippen LogP contribution in [0, 0.1) is 19.8 Å². The number of urea groups is 1. The Hall–Kier alpha value is -2.37. The molecule has 0 bridgehead atoms. The highest BCUT2D eigenvalue weighted by Gasteiger charge is 2.27.